The molecule has 3 aliphatic heterocycles. The van der Waals surface area contributed by atoms with Gasteiger partial charge in [0, 0.05) is 43.0 Å². The van der Waals surface area contributed by atoms with Crippen molar-refractivity contribution in [1.82, 2.24) is 20.1 Å². The summed E-state index contributed by atoms with van der Waals surface area (Å²) in [5, 5.41) is 14.6. The number of fused-ring (bicyclic) bond motifs is 1. The lowest BCUT2D eigenvalue weighted by atomic mass is 9.93. The Balaban J connectivity index is 1.55. The Morgan fingerprint density at radius 2 is 2.07 bits per heavy atom. The molecule has 2 saturated heterocycles. The van der Waals surface area contributed by atoms with Crippen LogP contribution < -0.4 is 5.32 Å². The first-order valence-electron chi connectivity index (χ1n) is 13.5. The molecule has 4 heterocycles. The smallest absolute Gasteiger partial charge is 0.338 e. The molecule has 10 nitrogen and oxygen atoms in total. The van der Waals surface area contributed by atoms with Gasteiger partial charge in [-0.1, -0.05) is 17.7 Å². The maximum atomic E-state index is 15.4. The van der Waals surface area contributed by atoms with E-state index < -0.39 is 59.5 Å². The fourth-order valence-corrected chi connectivity index (χ4v) is 6.37. The number of aliphatic imine (C=N–C) groups is 1. The molecule has 5 rings (SSSR count). The first-order chi connectivity index (χ1) is 20.2. The molecule has 1 unspecified atom stereocenters. The average molecular weight is 640 g/mol. The summed E-state index contributed by atoms with van der Waals surface area (Å²) in [6, 6.07) is 1.95. The highest BCUT2D eigenvalue weighted by atomic mass is 35.5. The van der Waals surface area contributed by atoms with Gasteiger partial charge < -0.3 is 20.1 Å². The van der Waals surface area contributed by atoms with Gasteiger partial charge in [-0.25, -0.2) is 22.9 Å². The van der Waals surface area contributed by atoms with Crippen molar-refractivity contribution < 1.29 is 37.4 Å². The third kappa shape index (κ3) is 5.87. The number of thiazole rings is 1. The van der Waals surface area contributed by atoms with Crippen molar-refractivity contribution >= 4 is 46.6 Å². The van der Waals surface area contributed by atoms with Crippen molar-refractivity contribution in [2.75, 3.05) is 32.8 Å². The highest BCUT2D eigenvalue weighted by Gasteiger charge is 2.63. The number of aliphatic carboxylic acids is 1. The summed E-state index contributed by atoms with van der Waals surface area (Å²) in [5.74, 6) is -8.33. The number of carboxylic acids is 1. The van der Waals surface area contributed by atoms with E-state index in [9.17, 15) is 23.9 Å². The predicted octanol–water partition coefficient (Wildman–Crippen LogP) is 3.73. The van der Waals surface area contributed by atoms with Crippen LogP contribution in [-0.2, 0) is 19.1 Å². The molecule has 2 N–H and O–H groups in total. The molecule has 2 fully saturated rings. The number of carboxylic acid groups (broad SMARTS) is 1. The number of ether oxygens (including phenoxy) is 1. The molecule has 3 aliphatic rings. The van der Waals surface area contributed by atoms with Gasteiger partial charge in [-0.2, -0.15) is 0 Å². The van der Waals surface area contributed by atoms with Gasteiger partial charge in [0.05, 0.1) is 29.2 Å². The van der Waals surface area contributed by atoms with Crippen molar-refractivity contribution in [3.8, 4) is 0 Å². The number of rotatable bonds is 9. The molecule has 0 aliphatic carbocycles. The molecule has 230 valence electrons. The summed E-state index contributed by atoms with van der Waals surface area (Å²) in [4.78, 5) is 49.7. The number of benzene rings is 1. The Hall–Kier alpha value is -3.49. The van der Waals surface area contributed by atoms with Crippen molar-refractivity contribution in [2.45, 2.75) is 38.8 Å². The Kier molecular flexibility index (Phi) is 8.31. The van der Waals surface area contributed by atoms with E-state index in [1.54, 1.807) is 18.5 Å². The summed E-state index contributed by atoms with van der Waals surface area (Å²) >= 11 is 7.15. The number of likely N-dealkylation sites (tertiary alicyclic amines) is 2. The second kappa shape index (κ2) is 11.5. The highest BCUT2D eigenvalue weighted by molar-refractivity contribution is 7.11. The van der Waals surface area contributed by atoms with Gasteiger partial charge in [0.2, 0.25) is 5.91 Å². The lowest BCUT2D eigenvalue weighted by molar-refractivity contribution is -0.150. The number of nitrogens with one attached hydrogen (secondary N) is 1. The summed E-state index contributed by atoms with van der Waals surface area (Å²) in [6.45, 7) is 3.12. The Morgan fingerprint density at radius 1 is 1.33 bits per heavy atom. The Morgan fingerprint density at radius 3 is 2.70 bits per heavy atom. The quantitative estimate of drug-likeness (QED) is 0.398. The molecule has 1 aromatic carbocycles. The summed E-state index contributed by atoms with van der Waals surface area (Å²) < 4.78 is 50.7. The first-order valence-corrected chi connectivity index (χ1v) is 14.7. The number of hydrogen-bond acceptors (Lipinski definition) is 9. The minimum absolute atomic E-state index is 0.00960. The molecular formula is C28H29ClF3N5O5S. The molecule has 0 saturated carbocycles. The third-order valence-electron chi connectivity index (χ3n) is 7.75. The minimum atomic E-state index is -3.41. The largest absolute Gasteiger partial charge is 0.481 e. The zero-order valence-electron chi connectivity index (χ0n) is 23.4. The predicted molar refractivity (Wildman–Crippen MR) is 151 cm³/mol. The fourth-order valence-electron chi connectivity index (χ4n) is 5.66. The lowest BCUT2D eigenvalue weighted by Crippen LogP contribution is -2.45. The lowest BCUT2D eigenvalue weighted by Gasteiger charge is -2.32. The topological polar surface area (TPSA) is 124 Å². The zero-order chi connectivity index (χ0) is 31.3. The van der Waals surface area contributed by atoms with Gasteiger partial charge in [0.1, 0.15) is 17.8 Å². The van der Waals surface area contributed by atoms with Crippen LogP contribution in [-0.4, -0.2) is 88.3 Å². The van der Waals surface area contributed by atoms with Gasteiger partial charge in [0.25, 0.3) is 5.92 Å². The van der Waals surface area contributed by atoms with Gasteiger partial charge in [-0.05, 0) is 38.5 Å². The molecule has 0 bridgehead atoms. The Bertz CT molecular complexity index is 1520. The molecule has 1 aromatic heterocycles. The van der Waals surface area contributed by atoms with Gasteiger partial charge in [-0.3, -0.25) is 19.5 Å². The number of esters is 1. The second-order valence-electron chi connectivity index (χ2n) is 11.2. The van der Waals surface area contributed by atoms with Crippen LogP contribution in [0.2, 0.25) is 5.02 Å². The number of aromatic nitrogens is 1. The molecule has 1 amide bonds. The second-order valence-corrected chi connectivity index (χ2v) is 12.5. The average Bonchev–Trinajstić information content (AvgIpc) is 3.63. The van der Waals surface area contributed by atoms with Gasteiger partial charge in [-0.15, -0.1) is 11.3 Å². The Labute approximate surface area is 254 Å². The number of nitrogens with zero attached hydrogens (tertiary/aromatic N) is 4. The molecule has 15 heteroatoms. The molecule has 0 spiro atoms. The van der Waals surface area contributed by atoms with Crippen LogP contribution >= 0.6 is 22.9 Å². The third-order valence-corrected chi connectivity index (χ3v) is 8.84. The minimum Gasteiger partial charge on any atom is -0.481 e. The maximum absolute atomic E-state index is 15.4. The number of hydrogen-bond donors (Lipinski definition) is 2. The van der Waals surface area contributed by atoms with E-state index in [1.165, 1.54) is 47.1 Å². The maximum Gasteiger partial charge on any atom is 0.338 e. The number of halogens is 4. The van der Waals surface area contributed by atoms with E-state index in [2.05, 4.69) is 15.3 Å². The first kappa shape index (κ1) is 31.0. The van der Waals surface area contributed by atoms with Gasteiger partial charge >= 0.3 is 11.9 Å². The summed E-state index contributed by atoms with van der Waals surface area (Å²) in [6.07, 6.45) is 1.55. The number of amides is 1. The zero-order valence-corrected chi connectivity index (χ0v) is 25.0. The number of carbonyl (C=O) groups excluding carboxylic acids is 2. The number of alkyl halides is 2. The van der Waals surface area contributed by atoms with E-state index >= 15 is 8.78 Å². The van der Waals surface area contributed by atoms with Crippen LogP contribution in [0.3, 0.4) is 0 Å². The van der Waals surface area contributed by atoms with Crippen LogP contribution in [0.15, 0.2) is 46.0 Å². The molecule has 43 heavy (non-hydrogen) atoms. The number of carbonyl (C=O) groups is 3. The normalized spacial score (nSPS) is 23.7. The molecular weight excluding hydrogens is 611 g/mol. The molecule has 3 atom stereocenters. The SMILES string of the molecule is CCOC(=O)C1=C(CN2CC(F)(F)[C@@H]3C(=O)N(CC(C)(C)C(=O)O)C[C@@H]32)NC(c2nccs2)=NC1c1ccc(Cl)c(F)c1. The van der Waals surface area contributed by atoms with E-state index in [1.807, 2.05) is 0 Å². The van der Waals surface area contributed by atoms with Crippen LogP contribution in [0.25, 0.3) is 0 Å². The van der Waals surface area contributed by atoms with E-state index in [4.69, 9.17) is 16.3 Å². The van der Waals surface area contributed by atoms with Crippen molar-refractivity contribution in [1.29, 1.82) is 0 Å². The molecule has 0 radical (unpaired) electrons. The van der Waals surface area contributed by atoms with E-state index in [-0.39, 0.29) is 53.9 Å². The van der Waals surface area contributed by atoms with Gasteiger partial charge in [0.15, 0.2) is 10.8 Å². The van der Waals surface area contributed by atoms with Crippen molar-refractivity contribution in [2.24, 2.45) is 16.3 Å². The highest BCUT2D eigenvalue weighted by Crippen LogP contribution is 2.44. The number of amidine groups is 1. The van der Waals surface area contributed by atoms with Crippen LogP contribution in [0.5, 0.6) is 0 Å². The molecule has 2 aromatic rings. The monoisotopic (exact) mass is 639 g/mol. The standard InChI is InChI=1S/C28H29ClF3N5O5S/c1-4-42-25(39)19-17(34-22(23-33-7-8-43-23)35-21(19)14-5-6-15(29)16(30)9-14)10-36-13-28(31,32)20-18(36)11-37(24(20)38)12-27(2,3)26(40)41/h5-9,18,20-21H,4,10-13H2,1-3H3,(H,34,35)(H,40,41)/t18-,20-,21?/m0/s1. The van der Waals surface area contributed by atoms with Crippen LogP contribution in [0.1, 0.15) is 37.4 Å². The van der Waals surface area contributed by atoms with Crippen molar-refractivity contribution in [3.63, 3.8) is 0 Å². The fraction of sp³-hybridized carbons (Fsp3) is 0.464. The van der Waals surface area contributed by atoms with Crippen molar-refractivity contribution in [3.05, 3.63) is 62.5 Å². The van der Waals surface area contributed by atoms with E-state index in [0.717, 1.165) is 6.07 Å². The van der Waals surface area contributed by atoms with Crippen LogP contribution in [0.4, 0.5) is 13.2 Å². The van der Waals surface area contributed by atoms with E-state index in [0.29, 0.717) is 5.01 Å². The summed E-state index contributed by atoms with van der Waals surface area (Å²) in [5.41, 5.74) is -0.893. The summed E-state index contributed by atoms with van der Waals surface area (Å²) in [7, 11) is 0. The van der Waals surface area contributed by atoms with Crippen LogP contribution in [0, 0.1) is 17.2 Å².